The minimum absolute atomic E-state index is 0.295. The molecule has 100 valence electrons. The molecule has 9 heteroatoms. The highest BCUT2D eigenvalue weighted by Gasteiger charge is 2.34. The number of benzene rings is 1. The van der Waals surface area contributed by atoms with Gasteiger partial charge in [-0.25, -0.2) is 4.79 Å². The highest BCUT2D eigenvalue weighted by Crippen LogP contribution is 2.40. The second kappa shape index (κ2) is 5.02. The van der Waals surface area contributed by atoms with Crippen LogP contribution in [0.4, 0.5) is 18.9 Å². The zero-order chi connectivity index (χ0) is 14.1. The van der Waals surface area contributed by atoms with Gasteiger partial charge in [-0.15, -0.1) is 13.2 Å². The SMILES string of the molecule is Nc1ccc(C(O)C(=O)O)c(Br)c1OC(F)(F)F. The van der Waals surface area contributed by atoms with Gasteiger partial charge in [0.25, 0.3) is 0 Å². The lowest BCUT2D eigenvalue weighted by atomic mass is 10.1. The third kappa shape index (κ3) is 3.26. The molecule has 1 atom stereocenters. The molecule has 0 heterocycles. The minimum Gasteiger partial charge on any atom is -0.479 e. The molecule has 5 nitrogen and oxygen atoms in total. The van der Waals surface area contributed by atoms with Gasteiger partial charge in [-0.05, 0) is 22.0 Å². The van der Waals surface area contributed by atoms with Gasteiger partial charge >= 0.3 is 12.3 Å². The van der Waals surface area contributed by atoms with Crippen LogP contribution in [-0.4, -0.2) is 22.5 Å². The van der Waals surface area contributed by atoms with E-state index in [1.54, 1.807) is 0 Å². The van der Waals surface area contributed by atoms with Crippen LogP contribution in [0.5, 0.6) is 5.75 Å². The number of carboxylic acid groups (broad SMARTS) is 1. The first-order valence-corrected chi connectivity index (χ1v) is 5.17. The fourth-order valence-corrected chi connectivity index (χ4v) is 1.81. The topological polar surface area (TPSA) is 92.8 Å². The van der Waals surface area contributed by atoms with Crippen LogP contribution in [-0.2, 0) is 4.79 Å². The average molecular weight is 330 g/mol. The zero-order valence-corrected chi connectivity index (χ0v) is 10.1. The maximum Gasteiger partial charge on any atom is 0.573 e. The van der Waals surface area contributed by atoms with Crippen molar-refractivity contribution in [3.8, 4) is 5.75 Å². The van der Waals surface area contributed by atoms with E-state index in [0.717, 1.165) is 12.1 Å². The zero-order valence-electron chi connectivity index (χ0n) is 8.53. The molecule has 0 saturated carbocycles. The molecule has 4 N–H and O–H groups in total. The first-order valence-electron chi connectivity index (χ1n) is 4.38. The van der Waals surface area contributed by atoms with Crippen LogP contribution in [0.3, 0.4) is 0 Å². The van der Waals surface area contributed by atoms with Gasteiger partial charge in [0.1, 0.15) is 0 Å². The molecule has 0 aromatic heterocycles. The molecule has 0 aliphatic rings. The van der Waals surface area contributed by atoms with Crippen molar-refractivity contribution in [1.82, 2.24) is 0 Å². The van der Waals surface area contributed by atoms with Crippen molar-refractivity contribution in [1.29, 1.82) is 0 Å². The number of hydrogen-bond donors (Lipinski definition) is 3. The molecule has 18 heavy (non-hydrogen) atoms. The summed E-state index contributed by atoms with van der Waals surface area (Å²) in [6, 6.07) is 2.09. The number of alkyl halides is 3. The lowest BCUT2D eigenvalue weighted by molar-refractivity contribution is -0.274. The maximum absolute atomic E-state index is 12.1. The van der Waals surface area contributed by atoms with E-state index in [0.29, 0.717) is 0 Å². The summed E-state index contributed by atoms with van der Waals surface area (Å²) in [4.78, 5) is 10.6. The Balaban J connectivity index is 3.27. The number of halogens is 4. The summed E-state index contributed by atoms with van der Waals surface area (Å²) < 4.78 is 39.6. The smallest absolute Gasteiger partial charge is 0.479 e. The van der Waals surface area contributed by atoms with Gasteiger partial charge < -0.3 is 20.7 Å². The summed E-state index contributed by atoms with van der Waals surface area (Å²) in [7, 11) is 0. The van der Waals surface area contributed by atoms with Crippen molar-refractivity contribution < 1.29 is 32.9 Å². The van der Waals surface area contributed by atoms with E-state index in [1.165, 1.54) is 0 Å². The van der Waals surface area contributed by atoms with Crippen LogP contribution in [0, 0.1) is 0 Å². The normalized spacial score (nSPS) is 13.2. The van der Waals surface area contributed by atoms with E-state index in [4.69, 9.17) is 10.8 Å². The molecular formula is C9H7BrF3NO4. The number of ether oxygens (including phenoxy) is 1. The van der Waals surface area contributed by atoms with Crippen molar-refractivity contribution in [2.75, 3.05) is 5.73 Å². The Morgan fingerprint density at radius 2 is 2.00 bits per heavy atom. The summed E-state index contributed by atoms with van der Waals surface area (Å²) in [6.45, 7) is 0. The van der Waals surface area contributed by atoms with Crippen LogP contribution < -0.4 is 10.5 Å². The largest absolute Gasteiger partial charge is 0.573 e. The van der Waals surface area contributed by atoms with E-state index in [-0.39, 0.29) is 15.7 Å². The summed E-state index contributed by atoms with van der Waals surface area (Å²) in [5.74, 6) is -2.40. The molecule has 1 aromatic carbocycles. The van der Waals surface area contributed by atoms with E-state index in [2.05, 4.69) is 20.7 Å². The van der Waals surface area contributed by atoms with Gasteiger partial charge in [0.05, 0.1) is 10.2 Å². The standard InChI is InChI=1S/C9H7BrF3NO4/c10-5-3(6(15)8(16)17)1-2-4(14)7(5)18-9(11,12)13/h1-2,6,15H,14H2,(H,16,17). The lowest BCUT2D eigenvalue weighted by Gasteiger charge is -2.16. The fraction of sp³-hybridized carbons (Fsp3) is 0.222. The van der Waals surface area contributed by atoms with Gasteiger partial charge in [-0.2, -0.15) is 0 Å². The number of anilines is 1. The van der Waals surface area contributed by atoms with Gasteiger partial charge in [0.2, 0.25) is 0 Å². The molecule has 1 aromatic rings. The van der Waals surface area contributed by atoms with Crippen molar-refractivity contribution in [3.63, 3.8) is 0 Å². The van der Waals surface area contributed by atoms with Crippen molar-refractivity contribution >= 4 is 27.6 Å². The number of nitrogens with two attached hydrogens (primary N) is 1. The number of aliphatic carboxylic acids is 1. The van der Waals surface area contributed by atoms with E-state index in [9.17, 15) is 23.1 Å². The molecular weight excluding hydrogens is 323 g/mol. The molecule has 0 amide bonds. The summed E-state index contributed by atoms with van der Waals surface area (Å²) >= 11 is 2.73. The molecule has 0 aliphatic carbocycles. The number of carboxylic acids is 1. The first-order chi connectivity index (χ1) is 8.13. The second-order valence-corrected chi connectivity index (χ2v) is 3.97. The number of rotatable bonds is 3. The summed E-state index contributed by atoms with van der Waals surface area (Å²) in [5, 5.41) is 17.9. The van der Waals surface area contributed by atoms with E-state index in [1.807, 2.05) is 0 Å². The van der Waals surface area contributed by atoms with E-state index < -0.39 is 24.2 Å². The van der Waals surface area contributed by atoms with Crippen molar-refractivity contribution in [3.05, 3.63) is 22.2 Å². The first kappa shape index (κ1) is 14.6. The monoisotopic (exact) mass is 329 g/mol. The van der Waals surface area contributed by atoms with Gasteiger partial charge in [-0.1, -0.05) is 6.07 Å². The van der Waals surface area contributed by atoms with Crippen molar-refractivity contribution in [2.45, 2.75) is 12.5 Å². The molecule has 0 spiro atoms. The second-order valence-electron chi connectivity index (χ2n) is 3.18. The van der Waals surface area contributed by atoms with Crippen LogP contribution >= 0.6 is 15.9 Å². The number of aliphatic hydroxyl groups is 1. The fourth-order valence-electron chi connectivity index (χ4n) is 1.15. The molecule has 1 unspecified atom stereocenters. The Kier molecular flexibility index (Phi) is 4.07. The maximum atomic E-state index is 12.1. The quantitative estimate of drug-likeness (QED) is 0.738. The third-order valence-corrected chi connectivity index (χ3v) is 2.72. The minimum atomic E-state index is -4.98. The Bertz CT molecular complexity index is 478. The molecule has 0 radical (unpaired) electrons. The summed E-state index contributed by atoms with van der Waals surface area (Å²) in [6.07, 6.45) is -6.97. The van der Waals surface area contributed by atoms with Gasteiger partial charge in [0.15, 0.2) is 11.9 Å². The van der Waals surface area contributed by atoms with Crippen molar-refractivity contribution in [2.24, 2.45) is 0 Å². The average Bonchev–Trinajstić information content (AvgIpc) is 2.22. The number of nitrogen functional groups attached to an aromatic ring is 1. The highest BCUT2D eigenvalue weighted by atomic mass is 79.9. The molecule has 1 rings (SSSR count). The Hall–Kier alpha value is -1.48. The predicted octanol–water partition coefficient (Wildman–Crippen LogP) is 2.05. The number of hydrogen-bond acceptors (Lipinski definition) is 4. The number of carbonyl (C=O) groups is 1. The molecule has 0 fully saturated rings. The lowest BCUT2D eigenvalue weighted by Crippen LogP contribution is -2.19. The highest BCUT2D eigenvalue weighted by molar-refractivity contribution is 9.10. The number of aliphatic hydroxyl groups excluding tert-OH is 1. The molecule has 0 aliphatic heterocycles. The van der Waals surface area contributed by atoms with Gasteiger partial charge in [0, 0.05) is 5.56 Å². The molecule has 0 saturated heterocycles. The van der Waals surface area contributed by atoms with Crippen LogP contribution in [0.2, 0.25) is 0 Å². The Morgan fingerprint density at radius 3 is 2.44 bits per heavy atom. The van der Waals surface area contributed by atoms with Crippen LogP contribution in [0.15, 0.2) is 16.6 Å². The molecule has 0 bridgehead atoms. The van der Waals surface area contributed by atoms with Gasteiger partial charge in [-0.3, -0.25) is 0 Å². The Morgan fingerprint density at radius 1 is 1.44 bits per heavy atom. The van der Waals surface area contributed by atoms with Crippen LogP contribution in [0.25, 0.3) is 0 Å². The predicted molar refractivity (Wildman–Crippen MR) is 57.8 cm³/mol. The third-order valence-electron chi connectivity index (χ3n) is 1.90. The summed E-state index contributed by atoms with van der Waals surface area (Å²) in [5.41, 5.74) is 4.65. The van der Waals surface area contributed by atoms with E-state index >= 15 is 0 Å². The Labute approximate surface area is 107 Å². The van der Waals surface area contributed by atoms with Crippen LogP contribution in [0.1, 0.15) is 11.7 Å².